The van der Waals surface area contributed by atoms with Gasteiger partial charge in [0.15, 0.2) is 5.78 Å². The number of nitrogens with zero attached hydrogens (tertiary/aromatic N) is 2. The zero-order chi connectivity index (χ0) is 14.1. The van der Waals surface area contributed by atoms with Gasteiger partial charge in [0.25, 0.3) is 0 Å². The number of aromatic nitrogens is 2. The normalized spacial score (nSPS) is 10.9. The Bertz CT molecular complexity index is 792. The van der Waals surface area contributed by atoms with Crippen molar-refractivity contribution in [1.29, 1.82) is 0 Å². The van der Waals surface area contributed by atoms with Gasteiger partial charge in [0.2, 0.25) is 0 Å². The predicted octanol–water partition coefficient (Wildman–Crippen LogP) is 3.60. The molecule has 0 saturated heterocycles. The summed E-state index contributed by atoms with van der Waals surface area (Å²) >= 11 is 2.22. The summed E-state index contributed by atoms with van der Waals surface area (Å²) in [6, 6.07) is 15.6. The lowest BCUT2D eigenvalue weighted by atomic mass is 10.0. The van der Waals surface area contributed by atoms with Crippen LogP contribution in [-0.4, -0.2) is 15.6 Å². The highest BCUT2D eigenvalue weighted by Crippen LogP contribution is 2.19. The summed E-state index contributed by atoms with van der Waals surface area (Å²) in [6.45, 7) is 0. The Kier molecular flexibility index (Phi) is 3.56. The summed E-state index contributed by atoms with van der Waals surface area (Å²) in [6.07, 6.45) is 0.335. The quantitative estimate of drug-likeness (QED) is 0.517. The number of halogens is 1. The highest BCUT2D eigenvalue weighted by molar-refractivity contribution is 14.1. The third-order valence-electron chi connectivity index (χ3n) is 3.31. The lowest BCUT2D eigenvalue weighted by Crippen LogP contribution is -2.05. The summed E-state index contributed by atoms with van der Waals surface area (Å²) in [5.74, 6) is 0.104. The van der Waals surface area contributed by atoms with Crippen LogP contribution in [0.2, 0.25) is 0 Å². The standard InChI is InChI=1S/C16H13IN2O/c1-19-15-8-3-2-7-13(15)14(18-19)10-16(20)11-5-4-6-12(17)9-11/h2-9H,10H2,1H3. The van der Waals surface area contributed by atoms with Crippen molar-refractivity contribution >= 4 is 39.3 Å². The van der Waals surface area contributed by atoms with Gasteiger partial charge in [-0.2, -0.15) is 5.10 Å². The molecule has 0 N–H and O–H groups in total. The average Bonchev–Trinajstić information content (AvgIpc) is 2.76. The largest absolute Gasteiger partial charge is 0.294 e. The van der Waals surface area contributed by atoms with E-state index in [1.165, 1.54) is 0 Å². The minimum Gasteiger partial charge on any atom is -0.294 e. The molecule has 0 aliphatic heterocycles. The maximum Gasteiger partial charge on any atom is 0.168 e. The molecule has 0 aliphatic rings. The molecule has 0 saturated carbocycles. The molecule has 0 atom stereocenters. The number of hydrogen-bond donors (Lipinski definition) is 0. The second-order valence-corrected chi connectivity index (χ2v) is 5.94. The average molecular weight is 376 g/mol. The first kappa shape index (κ1) is 13.3. The van der Waals surface area contributed by atoms with E-state index in [0.717, 1.165) is 25.7 Å². The van der Waals surface area contributed by atoms with Crippen molar-refractivity contribution in [2.24, 2.45) is 7.05 Å². The van der Waals surface area contributed by atoms with E-state index in [1.807, 2.05) is 60.3 Å². The number of ketones is 1. The molecule has 3 nitrogen and oxygen atoms in total. The fraction of sp³-hybridized carbons (Fsp3) is 0.125. The first-order chi connectivity index (χ1) is 9.65. The van der Waals surface area contributed by atoms with Crippen LogP contribution in [-0.2, 0) is 13.5 Å². The van der Waals surface area contributed by atoms with E-state index in [1.54, 1.807) is 0 Å². The highest BCUT2D eigenvalue weighted by atomic mass is 127. The fourth-order valence-electron chi connectivity index (χ4n) is 2.34. The molecule has 1 aromatic heterocycles. The summed E-state index contributed by atoms with van der Waals surface area (Å²) in [5.41, 5.74) is 2.64. The highest BCUT2D eigenvalue weighted by Gasteiger charge is 2.13. The number of para-hydroxylation sites is 1. The number of aryl methyl sites for hydroxylation is 1. The Balaban J connectivity index is 1.95. The van der Waals surface area contributed by atoms with Crippen LogP contribution in [0.3, 0.4) is 0 Å². The summed E-state index contributed by atoms with van der Waals surface area (Å²) < 4.78 is 2.89. The number of Topliss-reactive ketones (excluding diaryl/α,β-unsaturated/α-hetero) is 1. The molecule has 20 heavy (non-hydrogen) atoms. The van der Waals surface area contributed by atoms with Crippen LogP contribution in [0, 0.1) is 3.57 Å². The van der Waals surface area contributed by atoms with E-state index in [9.17, 15) is 4.79 Å². The number of fused-ring (bicyclic) bond motifs is 1. The Morgan fingerprint density at radius 1 is 1.20 bits per heavy atom. The predicted molar refractivity (Wildman–Crippen MR) is 87.9 cm³/mol. The van der Waals surface area contributed by atoms with Gasteiger partial charge in [-0.05, 0) is 40.8 Å². The Hall–Kier alpha value is -1.69. The van der Waals surface area contributed by atoms with Gasteiger partial charge < -0.3 is 0 Å². The summed E-state index contributed by atoms with van der Waals surface area (Å²) in [4.78, 5) is 12.4. The Labute approximate surface area is 130 Å². The van der Waals surface area contributed by atoms with E-state index in [4.69, 9.17) is 0 Å². The number of benzene rings is 2. The SMILES string of the molecule is Cn1nc(CC(=O)c2cccc(I)c2)c2ccccc21. The number of rotatable bonds is 3. The molecule has 0 aliphatic carbocycles. The molecule has 1 heterocycles. The van der Waals surface area contributed by atoms with Crippen LogP contribution >= 0.6 is 22.6 Å². The lowest BCUT2D eigenvalue weighted by molar-refractivity contribution is 0.0992. The molecular weight excluding hydrogens is 363 g/mol. The zero-order valence-electron chi connectivity index (χ0n) is 11.0. The van der Waals surface area contributed by atoms with Crippen molar-refractivity contribution < 1.29 is 4.79 Å². The zero-order valence-corrected chi connectivity index (χ0v) is 13.2. The first-order valence-electron chi connectivity index (χ1n) is 6.34. The van der Waals surface area contributed by atoms with Gasteiger partial charge in [-0.15, -0.1) is 0 Å². The van der Waals surface area contributed by atoms with E-state index < -0.39 is 0 Å². The van der Waals surface area contributed by atoms with Crippen LogP contribution in [0.4, 0.5) is 0 Å². The van der Waals surface area contributed by atoms with E-state index in [-0.39, 0.29) is 5.78 Å². The number of carbonyl (C=O) groups is 1. The van der Waals surface area contributed by atoms with E-state index in [0.29, 0.717) is 6.42 Å². The van der Waals surface area contributed by atoms with Gasteiger partial charge >= 0.3 is 0 Å². The van der Waals surface area contributed by atoms with Crippen LogP contribution in [0.5, 0.6) is 0 Å². The van der Waals surface area contributed by atoms with Crippen molar-refractivity contribution in [3.05, 3.63) is 63.4 Å². The van der Waals surface area contributed by atoms with Gasteiger partial charge in [-0.25, -0.2) is 0 Å². The molecule has 2 aromatic carbocycles. The van der Waals surface area contributed by atoms with Crippen molar-refractivity contribution in [1.82, 2.24) is 9.78 Å². The lowest BCUT2D eigenvalue weighted by Gasteiger charge is -2.00. The molecule has 4 heteroatoms. The second-order valence-electron chi connectivity index (χ2n) is 4.70. The van der Waals surface area contributed by atoms with Crippen molar-refractivity contribution in [2.75, 3.05) is 0 Å². The van der Waals surface area contributed by atoms with Crippen LogP contribution in [0.25, 0.3) is 10.9 Å². The van der Waals surface area contributed by atoms with E-state index >= 15 is 0 Å². The maximum absolute atomic E-state index is 12.4. The van der Waals surface area contributed by atoms with Crippen LogP contribution in [0.15, 0.2) is 48.5 Å². The Morgan fingerprint density at radius 3 is 2.80 bits per heavy atom. The molecule has 0 bridgehead atoms. The van der Waals surface area contributed by atoms with E-state index in [2.05, 4.69) is 27.7 Å². The third kappa shape index (κ3) is 2.47. The second kappa shape index (κ2) is 5.36. The minimum absolute atomic E-state index is 0.104. The van der Waals surface area contributed by atoms with Crippen molar-refractivity contribution in [3.8, 4) is 0 Å². The molecule has 100 valence electrons. The molecule has 0 spiro atoms. The minimum atomic E-state index is 0.104. The summed E-state index contributed by atoms with van der Waals surface area (Å²) in [5, 5.41) is 5.52. The van der Waals surface area contributed by atoms with Gasteiger partial charge in [0, 0.05) is 21.6 Å². The summed E-state index contributed by atoms with van der Waals surface area (Å²) in [7, 11) is 1.90. The maximum atomic E-state index is 12.4. The molecule has 0 fully saturated rings. The molecule has 3 rings (SSSR count). The van der Waals surface area contributed by atoms with Crippen molar-refractivity contribution in [2.45, 2.75) is 6.42 Å². The van der Waals surface area contributed by atoms with Crippen molar-refractivity contribution in [3.63, 3.8) is 0 Å². The van der Waals surface area contributed by atoms with Gasteiger partial charge in [0.1, 0.15) is 0 Å². The van der Waals surface area contributed by atoms with Gasteiger partial charge in [0.05, 0.1) is 17.6 Å². The first-order valence-corrected chi connectivity index (χ1v) is 7.42. The molecule has 0 unspecified atom stereocenters. The molecule has 3 aromatic rings. The molecule has 0 amide bonds. The third-order valence-corrected chi connectivity index (χ3v) is 3.98. The van der Waals surface area contributed by atoms with Gasteiger partial charge in [-0.1, -0.05) is 30.3 Å². The Morgan fingerprint density at radius 2 is 2.00 bits per heavy atom. The van der Waals surface area contributed by atoms with Gasteiger partial charge in [-0.3, -0.25) is 9.48 Å². The molecular formula is C16H13IN2O. The molecule has 0 radical (unpaired) electrons. The monoisotopic (exact) mass is 376 g/mol. The number of carbonyl (C=O) groups excluding carboxylic acids is 1. The van der Waals surface area contributed by atoms with Crippen LogP contribution < -0.4 is 0 Å². The topological polar surface area (TPSA) is 34.9 Å². The fourth-order valence-corrected chi connectivity index (χ4v) is 2.88. The number of hydrogen-bond acceptors (Lipinski definition) is 2. The smallest absolute Gasteiger partial charge is 0.168 e. The van der Waals surface area contributed by atoms with Crippen LogP contribution in [0.1, 0.15) is 16.1 Å².